The molecule has 0 amide bonds. The lowest BCUT2D eigenvalue weighted by Crippen LogP contribution is -1.96. The highest BCUT2D eigenvalue weighted by Crippen LogP contribution is 1.99. The van der Waals surface area contributed by atoms with Crippen LogP contribution in [0.25, 0.3) is 0 Å². The van der Waals surface area contributed by atoms with Crippen LogP contribution in [0.4, 0.5) is 0 Å². The smallest absolute Gasteiger partial charge is 0.120 e. The lowest BCUT2D eigenvalue weighted by Gasteiger charge is -1.98. The van der Waals surface area contributed by atoms with E-state index in [2.05, 4.69) is 12.2 Å². The van der Waals surface area contributed by atoms with Gasteiger partial charge >= 0.3 is 0 Å². The highest BCUT2D eigenvalue weighted by molar-refractivity contribution is 5.48. The average molecular weight is 170 g/mol. The molecule has 0 rings (SSSR count). The molecule has 0 aromatic rings. The molecule has 0 spiro atoms. The van der Waals surface area contributed by atoms with E-state index in [0.29, 0.717) is 6.42 Å². The Morgan fingerprint density at radius 1 is 1.25 bits per heavy atom. The Bertz CT molecular complexity index is 128. The standard InChI is InChI=1S/C10H18O2/c1-10(12)8-6-4-2-3-5-7-9-11/h2,4,9-10,12H,3,5-8H2,1H3/b4-2-/t10-/m0/s1. The summed E-state index contributed by atoms with van der Waals surface area (Å²) in [6.07, 6.45) is 9.20. The van der Waals surface area contributed by atoms with Gasteiger partial charge in [-0.05, 0) is 32.6 Å². The third-order valence-corrected chi connectivity index (χ3v) is 1.61. The lowest BCUT2D eigenvalue weighted by atomic mass is 10.2. The monoisotopic (exact) mass is 170 g/mol. The minimum Gasteiger partial charge on any atom is -0.393 e. The van der Waals surface area contributed by atoms with Gasteiger partial charge in [-0.25, -0.2) is 0 Å². The maximum absolute atomic E-state index is 9.93. The highest BCUT2D eigenvalue weighted by Gasteiger charge is 1.90. The van der Waals surface area contributed by atoms with E-state index in [1.54, 1.807) is 6.92 Å². The Morgan fingerprint density at radius 3 is 2.50 bits per heavy atom. The van der Waals surface area contributed by atoms with Gasteiger partial charge in [0.25, 0.3) is 0 Å². The van der Waals surface area contributed by atoms with Crippen molar-refractivity contribution < 1.29 is 9.90 Å². The van der Waals surface area contributed by atoms with Crippen LogP contribution >= 0.6 is 0 Å². The largest absolute Gasteiger partial charge is 0.393 e. The van der Waals surface area contributed by atoms with Crippen molar-refractivity contribution in [2.24, 2.45) is 0 Å². The maximum atomic E-state index is 9.93. The minimum atomic E-state index is -0.204. The topological polar surface area (TPSA) is 37.3 Å². The van der Waals surface area contributed by atoms with E-state index in [4.69, 9.17) is 5.11 Å². The van der Waals surface area contributed by atoms with Crippen LogP contribution in [-0.4, -0.2) is 17.5 Å². The number of aliphatic hydroxyl groups is 1. The van der Waals surface area contributed by atoms with Gasteiger partial charge in [0.05, 0.1) is 6.10 Å². The molecule has 12 heavy (non-hydrogen) atoms. The van der Waals surface area contributed by atoms with Gasteiger partial charge in [0.15, 0.2) is 0 Å². The van der Waals surface area contributed by atoms with Gasteiger partial charge in [0.1, 0.15) is 6.29 Å². The summed E-state index contributed by atoms with van der Waals surface area (Å²) in [5.41, 5.74) is 0. The van der Waals surface area contributed by atoms with E-state index >= 15 is 0 Å². The molecule has 0 radical (unpaired) electrons. The van der Waals surface area contributed by atoms with E-state index in [-0.39, 0.29) is 6.10 Å². The number of aliphatic hydroxyl groups excluding tert-OH is 1. The van der Waals surface area contributed by atoms with Gasteiger partial charge in [0.2, 0.25) is 0 Å². The molecule has 1 N–H and O–H groups in total. The number of hydrogen-bond acceptors (Lipinski definition) is 2. The van der Waals surface area contributed by atoms with Crippen LogP contribution < -0.4 is 0 Å². The second-order valence-corrected chi connectivity index (χ2v) is 3.00. The van der Waals surface area contributed by atoms with Crippen LogP contribution in [0.2, 0.25) is 0 Å². The molecule has 0 aliphatic rings. The lowest BCUT2D eigenvalue weighted by molar-refractivity contribution is -0.107. The summed E-state index contributed by atoms with van der Waals surface area (Å²) >= 11 is 0. The predicted octanol–water partition coefficient (Wildman–Crippen LogP) is 2.07. The number of hydrogen-bond donors (Lipinski definition) is 1. The molecule has 0 saturated carbocycles. The molecule has 0 heterocycles. The maximum Gasteiger partial charge on any atom is 0.120 e. The van der Waals surface area contributed by atoms with Gasteiger partial charge in [0, 0.05) is 6.42 Å². The highest BCUT2D eigenvalue weighted by atomic mass is 16.3. The van der Waals surface area contributed by atoms with Crippen molar-refractivity contribution >= 4 is 6.29 Å². The first kappa shape index (κ1) is 11.4. The van der Waals surface area contributed by atoms with Gasteiger partial charge < -0.3 is 9.90 Å². The number of aldehydes is 1. The summed E-state index contributed by atoms with van der Waals surface area (Å²) in [5.74, 6) is 0. The zero-order chi connectivity index (χ0) is 9.23. The Balaban J connectivity index is 3.08. The minimum absolute atomic E-state index is 0.204. The van der Waals surface area contributed by atoms with Crippen LogP contribution in [0.1, 0.15) is 39.0 Å². The molecule has 0 fully saturated rings. The fraction of sp³-hybridized carbons (Fsp3) is 0.700. The summed E-state index contributed by atoms with van der Waals surface area (Å²) in [6.45, 7) is 1.79. The number of carbonyl (C=O) groups excluding carboxylic acids is 1. The van der Waals surface area contributed by atoms with Crippen molar-refractivity contribution in [3.8, 4) is 0 Å². The van der Waals surface area contributed by atoms with Gasteiger partial charge in [-0.3, -0.25) is 0 Å². The summed E-state index contributed by atoms with van der Waals surface area (Å²) in [4.78, 5) is 9.93. The zero-order valence-corrected chi connectivity index (χ0v) is 7.70. The second-order valence-electron chi connectivity index (χ2n) is 3.00. The van der Waals surface area contributed by atoms with Gasteiger partial charge in [-0.1, -0.05) is 12.2 Å². The molecule has 0 saturated heterocycles. The zero-order valence-electron chi connectivity index (χ0n) is 7.70. The van der Waals surface area contributed by atoms with Crippen LogP contribution in [0, 0.1) is 0 Å². The van der Waals surface area contributed by atoms with E-state index < -0.39 is 0 Å². The quantitative estimate of drug-likeness (QED) is 0.361. The molecular weight excluding hydrogens is 152 g/mol. The van der Waals surface area contributed by atoms with Crippen molar-refractivity contribution in [2.75, 3.05) is 0 Å². The van der Waals surface area contributed by atoms with E-state index in [1.165, 1.54) is 0 Å². The van der Waals surface area contributed by atoms with Crippen molar-refractivity contribution in [3.63, 3.8) is 0 Å². The Labute approximate surface area is 74.3 Å². The normalized spacial score (nSPS) is 13.5. The van der Waals surface area contributed by atoms with Crippen molar-refractivity contribution in [1.29, 1.82) is 0 Å². The number of carbonyl (C=O) groups is 1. The Morgan fingerprint density at radius 2 is 1.92 bits per heavy atom. The molecule has 0 bridgehead atoms. The third kappa shape index (κ3) is 9.37. The molecule has 2 nitrogen and oxygen atoms in total. The van der Waals surface area contributed by atoms with Gasteiger partial charge in [-0.2, -0.15) is 0 Å². The number of allylic oxidation sites excluding steroid dienone is 2. The van der Waals surface area contributed by atoms with E-state index in [1.807, 2.05) is 0 Å². The van der Waals surface area contributed by atoms with Crippen molar-refractivity contribution in [2.45, 2.75) is 45.1 Å². The van der Waals surface area contributed by atoms with E-state index in [0.717, 1.165) is 32.0 Å². The predicted molar refractivity (Wildman–Crippen MR) is 50.0 cm³/mol. The number of rotatable bonds is 7. The van der Waals surface area contributed by atoms with Crippen LogP contribution in [0.5, 0.6) is 0 Å². The SMILES string of the molecule is C[C@H](O)CC/C=C\CCCC=O. The van der Waals surface area contributed by atoms with Crippen molar-refractivity contribution in [3.05, 3.63) is 12.2 Å². The molecule has 0 unspecified atom stereocenters. The molecule has 0 aliphatic carbocycles. The molecule has 0 aromatic carbocycles. The molecule has 70 valence electrons. The number of unbranched alkanes of at least 4 members (excludes halogenated alkanes) is 2. The summed E-state index contributed by atoms with van der Waals surface area (Å²) < 4.78 is 0. The fourth-order valence-corrected chi connectivity index (χ4v) is 0.892. The molecule has 1 atom stereocenters. The van der Waals surface area contributed by atoms with Gasteiger partial charge in [-0.15, -0.1) is 0 Å². The summed E-state index contributed by atoms with van der Waals surface area (Å²) in [6, 6.07) is 0. The average Bonchev–Trinajstić information content (AvgIpc) is 2.02. The molecule has 0 aromatic heterocycles. The van der Waals surface area contributed by atoms with Crippen LogP contribution in [0.15, 0.2) is 12.2 Å². The van der Waals surface area contributed by atoms with E-state index in [9.17, 15) is 4.79 Å². The van der Waals surface area contributed by atoms with Crippen molar-refractivity contribution in [1.82, 2.24) is 0 Å². The van der Waals surface area contributed by atoms with Crippen LogP contribution in [0.3, 0.4) is 0 Å². The fourth-order valence-electron chi connectivity index (χ4n) is 0.892. The molecular formula is C10H18O2. The summed E-state index contributed by atoms with van der Waals surface area (Å²) in [7, 11) is 0. The molecule has 0 aliphatic heterocycles. The van der Waals surface area contributed by atoms with Crippen LogP contribution in [-0.2, 0) is 4.79 Å². The molecule has 2 heteroatoms. The first-order valence-corrected chi connectivity index (χ1v) is 4.54. The Kier molecular flexibility index (Phi) is 8.02. The second kappa shape index (κ2) is 8.47. The Hall–Kier alpha value is -0.630. The summed E-state index contributed by atoms with van der Waals surface area (Å²) in [5, 5.41) is 8.91. The first-order valence-electron chi connectivity index (χ1n) is 4.54. The third-order valence-electron chi connectivity index (χ3n) is 1.61. The first-order chi connectivity index (χ1) is 5.77.